The fourth-order valence-electron chi connectivity index (χ4n) is 1.60. The summed E-state index contributed by atoms with van der Waals surface area (Å²) in [5.41, 5.74) is -0.167. The van der Waals surface area contributed by atoms with Crippen molar-refractivity contribution in [1.29, 1.82) is 0 Å². The van der Waals surface area contributed by atoms with Crippen molar-refractivity contribution in [3.05, 3.63) is 32.3 Å². The number of rotatable bonds is 7. The van der Waals surface area contributed by atoms with Crippen LogP contribution in [0.3, 0.4) is 0 Å². The summed E-state index contributed by atoms with van der Waals surface area (Å²) < 4.78 is 5.53. The van der Waals surface area contributed by atoms with Gasteiger partial charge in [-0.3, -0.25) is 10.1 Å². The molecular weight excluding hydrogens is 357 g/mol. The number of ether oxygens (including phenoxy) is 1. The average Bonchev–Trinajstić information content (AvgIpc) is 2.37. The van der Waals surface area contributed by atoms with Crippen LogP contribution in [-0.2, 0) is 0 Å². The van der Waals surface area contributed by atoms with Crippen LogP contribution in [0.2, 0.25) is 10.0 Å². The minimum Gasteiger partial charge on any atom is -0.486 e. The van der Waals surface area contributed by atoms with Gasteiger partial charge in [0.2, 0.25) is 0 Å². The van der Waals surface area contributed by atoms with E-state index in [1.807, 2.05) is 0 Å². The van der Waals surface area contributed by atoms with Gasteiger partial charge in [0.15, 0.2) is 5.75 Å². The first-order valence-electron chi connectivity index (χ1n) is 5.81. The first-order chi connectivity index (χ1) is 8.99. The van der Waals surface area contributed by atoms with Crippen LogP contribution < -0.4 is 4.74 Å². The summed E-state index contributed by atoms with van der Waals surface area (Å²) in [5, 5.41) is 12.1. The molecule has 0 amide bonds. The van der Waals surface area contributed by atoms with Crippen LogP contribution in [0.15, 0.2) is 12.1 Å². The number of nitro benzene ring substituents is 1. The third-order valence-corrected chi connectivity index (χ3v) is 4.23. The number of hydrogen-bond acceptors (Lipinski definition) is 3. The molecule has 1 rings (SSSR count). The molecule has 0 fully saturated rings. The summed E-state index contributed by atoms with van der Waals surface area (Å²) in [6.45, 7) is 2.48. The van der Waals surface area contributed by atoms with Gasteiger partial charge in [0.1, 0.15) is 0 Å². The van der Waals surface area contributed by atoms with Crippen LogP contribution in [0.5, 0.6) is 5.75 Å². The smallest absolute Gasteiger partial charge is 0.312 e. The molecule has 0 spiro atoms. The van der Waals surface area contributed by atoms with Crippen molar-refractivity contribution in [3.63, 3.8) is 0 Å². The Morgan fingerprint density at radius 2 is 2.05 bits per heavy atom. The summed E-state index contributed by atoms with van der Waals surface area (Å²) in [5.74, 6) is 0.459. The third-order valence-electron chi connectivity index (χ3n) is 2.59. The van der Waals surface area contributed by atoms with Crippen LogP contribution in [-0.4, -0.2) is 16.9 Å². The maximum Gasteiger partial charge on any atom is 0.312 e. The van der Waals surface area contributed by atoms with E-state index in [2.05, 4.69) is 22.9 Å². The highest BCUT2D eigenvalue weighted by atomic mass is 79.9. The van der Waals surface area contributed by atoms with Crippen LogP contribution >= 0.6 is 39.1 Å². The highest BCUT2D eigenvalue weighted by molar-refractivity contribution is 9.09. The minimum atomic E-state index is -0.527. The summed E-state index contributed by atoms with van der Waals surface area (Å²) in [7, 11) is 0. The number of benzene rings is 1. The molecule has 0 aromatic heterocycles. The van der Waals surface area contributed by atoms with E-state index >= 15 is 0 Å². The largest absolute Gasteiger partial charge is 0.486 e. The first-order valence-corrected chi connectivity index (χ1v) is 7.69. The maximum atomic E-state index is 10.9. The van der Waals surface area contributed by atoms with Crippen molar-refractivity contribution in [2.75, 3.05) is 11.9 Å². The molecule has 0 saturated carbocycles. The Kier molecular flexibility index (Phi) is 6.89. The van der Waals surface area contributed by atoms with Gasteiger partial charge in [-0.25, -0.2) is 0 Å². The monoisotopic (exact) mass is 369 g/mol. The third kappa shape index (κ3) is 4.82. The normalized spacial score (nSPS) is 12.2. The second-order valence-corrected chi connectivity index (χ2v) is 5.57. The van der Waals surface area contributed by atoms with Crippen molar-refractivity contribution in [2.45, 2.75) is 19.8 Å². The summed E-state index contributed by atoms with van der Waals surface area (Å²) in [6, 6.07) is 2.60. The Hall–Kier alpha value is -0.520. The fourth-order valence-corrected chi connectivity index (χ4v) is 2.42. The molecule has 106 valence electrons. The van der Waals surface area contributed by atoms with Gasteiger partial charge in [-0.2, -0.15) is 0 Å². The second kappa shape index (κ2) is 7.92. The maximum absolute atomic E-state index is 10.9. The highest BCUT2D eigenvalue weighted by Crippen LogP contribution is 2.36. The Bertz CT molecular complexity index is 457. The molecular formula is C12H14BrCl2NO3. The van der Waals surface area contributed by atoms with E-state index in [1.54, 1.807) is 0 Å². The Balaban J connectivity index is 2.87. The number of nitro groups is 1. The molecule has 1 unspecified atom stereocenters. The summed E-state index contributed by atoms with van der Waals surface area (Å²) >= 11 is 15.0. The van der Waals surface area contributed by atoms with E-state index in [0.29, 0.717) is 12.5 Å². The SMILES string of the molecule is CCCC(CBr)COc1cc(Cl)c(Cl)cc1[N+](=O)[O-]. The Morgan fingerprint density at radius 3 is 2.58 bits per heavy atom. The number of alkyl halides is 1. The van der Waals surface area contributed by atoms with E-state index in [0.717, 1.165) is 18.2 Å². The molecule has 0 saturated heterocycles. The zero-order valence-electron chi connectivity index (χ0n) is 10.4. The van der Waals surface area contributed by atoms with Crippen molar-refractivity contribution in [1.82, 2.24) is 0 Å². The van der Waals surface area contributed by atoms with Gasteiger partial charge in [0.25, 0.3) is 0 Å². The molecule has 0 aliphatic heterocycles. The zero-order valence-corrected chi connectivity index (χ0v) is 13.5. The van der Waals surface area contributed by atoms with Crippen molar-refractivity contribution in [2.24, 2.45) is 5.92 Å². The molecule has 1 aromatic carbocycles. The predicted molar refractivity (Wildman–Crippen MR) is 80.8 cm³/mol. The zero-order chi connectivity index (χ0) is 14.4. The van der Waals surface area contributed by atoms with Crippen LogP contribution in [0.25, 0.3) is 0 Å². The molecule has 1 atom stereocenters. The van der Waals surface area contributed by atoms with Gasteiger partial charge in [-0.1, -0.05) is 52.5 Å². The molecule has 7 heteroatoms. The molecule has 0 bridgehead atoms. The predicted octanol–water partition coefficient (Wildman–Crippen LogP) is 5.09. The van der Waals surface area contributed by atoms with Gasteiger partial charge in [0.05, 0.1) is 21.6 Å². The lowest BCUT2D eigenvalue weighted by Gasteiger charge is -2.14. The van der Waals surface area contributed by atoms with E-state index < -0.39 is 4.92 Å². The molecule has 0 N–H and O–H groups in total. The highest BCUT2D eigenvalue weighted by Gasteiger charge is 2.19. The molecule has 0 aliphatic carbocycles. The standard InChI is InChI=1S/C12H14BrCl2NO3/c1-2-3-8(6-13)7-19-12-5-10(15)9(14)4-11(12)16(17)18/h4-5,8H,2-3,6-7H2,1H3. The molecule has 19 heavy (non-hydrogen) atoms. The van der Waals surface area contributed by atoms with Gasteiger partial charge < -0.3 is 4.74 Å². The van der Waals surface area contributed by atoms with E-state index in [-0.39, 0.29) is 21.5 Å². The molecule has 0 radical (unpaired) electrons. The van der Waals surface area contributed by atoms with Crippen molar-refractivity contribution < 1.29 is 9.66 Å². The average molecular weight is 371 g/mol. The number of hydrogen-bond donors (Lipinski definition) is 0. The molecule has 0 heterocycles. The quantitative estimate of drug-likeness (QED) is 0.381. The topological polar surface area (TPSA) is 52.4 Å². The molecule has 1 aromatic rings. The lowest BCUT2D eigenvalue weighted by atomic mass is 10.1. The summed E-state index contributed by atoms with van der Waals surface area (Å²) in [4.78, 5) is 10.4. The second-order valence-electron chi connectivity index (χ2n) is 4.11. The van der Waals surface area contributed by atoms with E-state index in [4.69, 9.17) is 27.9 Å². The minimum absolute atomic E-state index is 0.145. The van der Waals surface area contributed by atoms with Crippen LogP contribution in [0.1, 0.15) is 19.8 Å². The van der Waals surface area contributed by atoms with Crippen molar-refractivity contribution >= 4 is 44.8 Å². The van der Waals surface area contributed by atoms with E-state index in [1.165, 1.54) is 12.1 Å². The van der Waals surface area contributed by atoms with Crippen molar-refractivity contribution in [3.8, 4) is 5.75 Å². The fraction of sp³-hybridized carbons (Fsp3) is 0.500. The molecule has 4 nitrogen and oxygen atoms in total. The summed E-state index contributed by atoms with van der Waals surface area (Å²) in [6.07, 6.45) is 2.02. The van der Waals surface area contributed by atoms with Crippen LogP contribution in [0.4, 0.5) is 5.69 Å². The van der Waals surface area contributed by atoms with Gasteiger partial charge in [-0.05, 0) is 6.42 Å². The van der Waals surface area contributed by atoms with Crippen LogP contribution in [0, 0.1) is 16.0 Å². The first kappa shape index (κ1) is 16.5. The Morgan fingerprint density at radius 1 is 1.42 bits per heavy atom. The number of nitrogens with zero attached hydrogens (tertiary/aromatic N) is 1. The van der Waals surface area contributed by atoms with Gasteiger partial charge in [-0.15, -0.1) is 0 Å². The Labute approximate surface area is 130 Å². The number of halogens is 3. The molecule has 0 aliphatic rings. The lowest BCUT2D eigenvalue weighted by Crippen LogP contribution is -2.14. The van der Waals surface area contributed by atoms with Gasteiger partial charge in [0, 0.05) is 23.4 Å². The van der Waals surface area contributed by atoms with E-state index in [9.17, 15) is 10.1 Å². The lowest BCUT2D eigenvalue weighted by molar-refractivity contribution is -0.385. The van der Waals surface area contributed by atoms with Gasteiger partial charge >= 0.3 is 5.69 Å².